The minimum Gasteiger partial charge on any atom is -0.481 e. The third-order valence-electron chi connectivity index (χ3n) is 4.86. The SMILES string of the molecule is O=C(O)CC(NC(=O)C1C2CCCCC21)c1ccccc1. The molecular weight excluding hydrogens is 266 g/mol. The molecule has 1 amide bonds. The van der Waals surface area contributed by atoms with Crippen molar-refractivity contribution < 1.29 is 14.7 Å². The third kappa shape index (κ3) is 3.09. The van der Waals surface area contributed by atoms with Gasteiger partial charge in [0.2, 0.25) is 5.91 Å². The molecule has 2 fully saturated rings. The molecule has 0 aromatic heterocycles. The molecule has 2 saturated carbocycles. The van der Waals surface area contributed by atoms with E-state index in [1.54, 1.807) is 0 Å². The highest BCUT2D eigenvalue weighted by Crippen LogP contribution is 2.55. The maximum Gasteiger partial charge on any atom is 0.305 e. The van der Waals surface area contributed by atoms with Crippen LogP contribution in [0, 0.1) is 17.8 Å². The molecule has 2 aliphatic carbocycles. The van der Waals surface area contributed by atoms with Gasteiger partial charge in [0.25, 0.3) is 0 Å². The number of amides is 1. The summed E-state index contributed by atoms with van der Waals surface area (Å²) in [6.45, 7) is 0. The van der Waals surface area contributed by atoms with E-state index in [1.165, 1.54) is 12.8 Å². The molecule has 0 aliphatic heterocycles. The Kier molecular flexibility index (Phi) is 3.95. The zero-order valence-corrected chi connectivity index (χ0v) is 12.0. The predicted octanol–water partition coefficient (Wildman–Crippen LogP) is 2.75. The molecule has 0 heterocycles. The van der Waals surface area contributed by atoms with E-state index in [0.29, 0.717) is 11.8 Å². The molecule has 0 radical (unpaired) electrons. The molecule has 2 aliphatic rings. The average Bonchev–Trinajstić information content (AvgIpc) is 3.21. The van der Waals surface area contributed by atoms with Crippen LogP contribution in [-0.2, 0) is 9.59 Å². The summed E-state index contributed by atoms with van der Waals surface area (Å²) in [5.41, 5.74) is 0.858. The minimum atomic E-state index is -0.891. The van der Waals surface area contributed by atoms with Crippen molar-refractivity contribution in [1.82, 2.24) is 5.32 Å². The average molecular weight is 287 g/mol. The van der Waals surface area contributed by atoms with Gasteiger partial charge in [0.1, 0.15) is 0 Å². The summed E-state index contributed by atoms with van der Waals surface area (Å²) < 4.78 is 0. The lowest BCUT2D eigenvalue weighted by Gasteiger charge is -2.17. The molecule has 3 rings (SSSR count). The van der Waals surface area contributed by atoms with Crippen LogP contribution in [0.25, 0.3) is 0 Å². The first-order valence-corrected chi connectivity index (χ1v) is 7.74. The fourth-order valence-corrected chi connectivity index (χ4v) is 3.76. The molecular formula is C17H21NO3. The predicted molar refractivity (Wildman–Crippen MR) is 78.5 cm³/mol. The first-order chi connectivity index (χ1) is 10.2. The largest absolute Gasteiger partial charge is 0.481 e. The van der Waals surface area contributed by atoms with Crippen LogP contribution in [0.2, 0.25) is 0 Å². The van der Waals surface area contributed by atoms with Crippen molar-refractivity contribution in [3.63, 3.8) is 0 Å². The Labute approximate surface area is 124 Å². The molecule has 1 aromatic rings. The van der Waals surface area contributed by atoms with Crippen molar-refractivity contribution in [3.8, 4) is 0 Å². The second kappa shape index (κ2) is 5.88. The Morgan fingerprint density at radius 2 is 1.76 bits per heavy atom. The van der Waals surface area contributed by atoms with Crippen LogP contribution in [0.3, 0.4) is 0 Å². The van der Waals surface area contributed by atoms with Crippen molar-refractivity contribution in [3.05, 3.63) is 35.9 Å². The van der Waals surface area contributed by atoms with Gasteiger partial charge in [-0.05, 0) is 30.2 Å². The van der Waals surface area contributed by atoms with Crippen molar-refractivity contribution >= 4 is 11.9 Å². The van der Waals surface area contributed by atoms with E-state index in [0.717, 1.165) is 18.4 Å². The highest BCUT2D eigenvalue weighted by Gasteiger charge is 2.54. The maximum absolute atomic E-state index is 12.4. The van der Waals surface area contributed by atoms with Crippen LogP contribution < -0.4 is 5.32 Å². The van der Waals surface area contributed by atoms with Gasteiger partial charge in [-0.25, -0.2) is 0 Å². The van der Waals surface area contributed by atoms with Gasteiger partial charge < -0.3 is 10.4 Å². The normalized spacial score (nSPS) is 28.3. The zero-order valence-electron chi connectivity index (χ0n) is 12.0. The Morgan fingerprint density at radius 1 is 1.14 bits per heavy atom. The van der Waals surface area contributed by atoms with Gasteiger partial charge in [-0.15, -0.1) is 0 Å². The second-order valence-corrected chi connectivity index (χ2v) is 6.21. The van der Waals surface area contributed by atoms with Crippen molar-refractivity contribution in [1.29, 1.82) is 0 Å². The van der Waals surface area contributed by atoms with Crippen molar-refractivity contribution in [2.75, 3.05) is 0 Å². The summed E-state index contributed by atoms with van der Waals surface area (Å²) in [4.78, 5) is 23.5. The number of aliphatic carboxylic acids is 1. The maximum atomic E-state index is 12.4. The van der Waals surface area contributed by atoms with Gasteiger partial charge in [-0.3, -0.25) is 9.59 Å². The van der Waals surface area contributed by atoms with E-state index < -0.39 is 12.0 Å². The monoisotopic (exact) mass is 287 g/mol. The summed E-state index contributed by atoms with van der Waals surface area (Å²) >= 11 is 0. The molecule has 3 unspecified atom stereocenters. The summed E-state index contributed by atoms with van der Waals surface area (Å²) in [5, 5.41) is 12.0. The van der Waals surface area contributed by atoms with Crippen molar-refractivity contribution in [2.24, 2.45) is 17.8 Å². The fourth-order valence-electron chi connectivity index (χ4n) is 3.76. The molecule has 4 nitrogen and oxygen atoms in total. The Balaban J connectivity index is 1.67. The number of carbonyl (C=O) groups excluding carboxylic acids is 1. The molecule has 3 atom stereocenters. The van der Waals surface area contributed by atoms with Crippen LogP contribution in [0.15, 0.2) is 30.3 Å². The molecule has 0 spiro atoms. The van der Waals surface area contributed by atoms with Crippen LogP contribution >= 0.6 is 0 Å². The third-order valence-corrected chi connectivity index (χ3v) is 4.86. The molecule has 2 N–H and O–H groups in total. The van der Waals surface area contributed by atoms with E-state index in [4.69, 9.17) is 5.11 Å². The Bertz CT molecular complexity index is 516. The zero-order chi connectivity index (χ0) is 14.8. The quantitative estimate of drug-likeness (QED) is 0.875. The van der Waals surface area contributed by atoms with Crippen LogP contribution in [-0.4, -0.2) is 17.0 Å². The number of fused-ring (bicyclic) bond motifs is 1. The lowest BCUT2D eigenvalue weighted by Crippen LogP contribution is -2.32. The van der Waals surface area contributed by atoms with E-state index >= 15 is 0 Å². The van der Waals surface area contributed by atoms with Gasteiger partial charge in [-0.2, -0.15) is 0 Å². The first-order valence-electron chi connectivity index (χ1n) is 7.74. The number of carboxylic acids is 1. The van der Waals surface area contributed by atoms with E-state index in [9.17, 15) is 9.59 Å². The molecule has 4 heteroatoms. The number of carboxylic acid groups (broad SMARTS) is 1. The van der Waals surface area contributed by atoms with E-state index in [-0.39, 0.29) is 18.2 Å². The molecule has 21 heavy (non-hydrogen) atoms. The topological polar surface area (TPSA) is 66.4 Å². The lowest BCUT2D eigenvalue weighted by atomic mass is 10.0. The number of rotatable bonds is 5. The summed E-state index contributed by atoms with van der Waals surface area (Å²) in [5.74, 6) is 0.354. The Morgan fingerprint density at radius 3 is 2.33 bits per heavy atom. The lowest BCUT2D eigenvalue weighted by molar-refractivity contribution is -0.137. The Hall–Kier alpha value is -1.84. The van der Waals surface area contributed by atoms with Gasteiger partial charge in [0, 0.05) is 5.92 Å². The van der Waals surface area contributed by atoms with Gasteiger partial charge in [-0.1, -0.05) is 43.2 Å². The van der Waals surface area contributed by atoms with Crippen LogP contribution in [0.4, 0.5) is 0 Å². The first kappa shape index (κ1) is 14.1. The number of benzene rings is 1. The van der Waals surface area contributed by atoms with E-state index in [2.05, 4.69) is 5.32 Å². The van der Waals surface area contributed by atoms with Gasteiger partial charge >= 0.3 is 5.97 Å². The standard InChI is InChI=1S/C17H21NO3/c19-15(20)10-14(11-6-2-1-3-7-11)18-17(21)16-12-8-4-5-9-13(12)16/h1-3,6-7,12-14,16H,4-5,8-10H2,(H,18,21)(H,19,20). The highest BCUT2D eigenvalue weighted by atomic mass is 16.4. The number of carbonyl (C=O) groups is 2. The highest BCUT2D eigenvalue weighted by molar-refractivity contribution is 5.83. The minimum absolute atomic E-state index is 0.0435. The summed E-state index contributed by atoms with van der Waals surface area (Å²) in [6, 6.07) is 8.93. The smallest absolute Gasteiger partial charge is 0.305 e. The number of nitrogens with one attached hydrogen (secondary N) is 1. The van der Waals surface area contributed by atoms with E-state index in [1.807, 2.05) is 30.3 Å². The molecule has 0 saturated heterocycles. The molecule has 1 aromatic carbocycles. The van der Waals surface area contributed by atoms with Crippen LogP contribution in [0.5, 0.6) is 0 Å². The molecule has 112 valence electrons. The van der Waals surface area contributed by atoms with Gasteiger partial charge in [0.15, 0.2) is 0 Å². The number of hydrogen-bond donors (Lipinski definition) is 2. The summed E-state index contributed by atoms with van der Waals surface area (Å²) in [7, 11) is 0. The van der Waals surface area contributed by atoms with Gasteiger partial charge in [0.05, 0.1) is 12.5 Å². The second-order valence-electron chi connectivity index (χ2n) is 6.21. The van der Waals surface area contributed by atoms with Crippen molar-refractivity contribution in [2.45, 2.75) is 38.1 Å². The van der Waals surface area contributed by atoms with Crippen LogP contribution in [0.1, 0.15) is 43.7 Å². The summed E-state index contributed by atoms with van der Waals surface area (Å²) in [6.07, 6.45) is 4.68. The molecule has 0 bridgehead atoms. The number of hydrogen-bond acceptors (Lipinski definition) is 2. The fraction of sp³-hybridized carbons (Fsp3) is 0.529.